The van der Waals surface area contributed by atoms with Gasteiger partial charge in [0.05, 0.1) is 5.56 Å². The lowest BCUT2D eigenvalue weighted by atomic mass is 10.0. The molecule has 19 heavy (non-hydrogen) atoms. The fourth-order valence-corrected chi connectivity index (χ4v) is 2.49. The van der Waals surface area contributed by atoms with E-state index in [1.54, 1.807) is 6.07 Å². The van der Waals surface area contributed by atoms with E-state index in [0.717, 1.165) is 30.5 Å². The number of benzene rings is 1. The highest BCUT2D eigenvalue weighted by molar-refractivity contribution is 5.25. The molecule has 1 saturated carbocycles. The van der Waals surface area contributed by atoms with Crippen LogP contribution in [-0.4, -0.2) is 12.6 Å². The Morgan fingerprint density at radius 2 is 2.05 bits per heavy atom. The molecule has 2 rings (SSSR count). The van der Waals surface area contributed by atoms with E-state index in [4.69, 9.17) is 0 Å². The Labute approximate surface area is 112 Å². The number of aryl methyl sites for hydroxylation is 1. The van der Waals surface area contributed by atoms with Gasteiger partial charge in [-0.15, -0.1) is 0 Å². The van der Waals surface area contributed by atoms with Gasteiger partial charge in [0, 0.05) is 6.04 Å². The predicted molar refractivity (Wildman–Crippen MR) is 70.0 cm³/mol. The van der Waals surface area contributed by atoms with Gasteiger partial charge in [-0.2, -0.15) is 13.2 Å². The molecule has 0 saturated heterocycles. The SMILES string of the molecule is CCNC(CCc1cccc(C(F)(F)F)c1)C1CC1. The Balaban J connectivity index is 1.95. The molecule has 0 spiro atoms. The molecule has 1 aliphatic carbocycles. The lowest BCUT2D eigenvalue weighted by Gasteiger charge is -2.17. The van der Waals surface area contributed by atoms with Crippen molar-refractivity contribution >= 4 is 0 Å². The Hall–Kier alpha value is -1.03. The van der Waals surface area contributed by atoms with Gasteiger partial charge in [0.2, 0.25) is 0 Å². The minimum absolute atomic E-state index is 0.458. The van der Waals surface area contributed by atoms with Crippen molar-refractivity contribution < 1.29 is 13.2 Å². The van der Waals surface area contributed by atoms with Gasteiger partial charge < -0.3 is 5.32 Å². The smallest absolute Gasteiger partial charge is 0.314 e. The molecule has 0 aliphatic heterocycles. The van der Waals surface area contributed by atoms with Gasteiger partial charge in [0.15, 0.2) is 0 Å². The van der Waals surface area contributed by atoms with Crippen LogP contribution in [0.25, 0.3) is 0 Å². The number of nitrogens with one attached hydrogen (secondary N) is 1. The standard InChI is InChI=1S/C15H20F3N/c1-2-19-14(12-7-8-12)9-6-11-4-3-5-13(10-11)15(16,17)18/h3-5,10,12,14,19H,2,6-9H2,1H3. The first kappa shape index (κ1) is 14.4. The molecule has 1 aliphatic rings. The van der Waals surface area contributed by atoms with Gasteiger partial charge in [-0.05, 0) is 49.8 Å². The predicted octanol–water partition coefficient (Wildman–Crippen LogP) is 4.03. The van der Waals surface area contributed by atoms with Crippen LogP contribution in [0.5, 0.6) is 0 Å². The van der Waals surface area contributed by atoms with Crippen LogP contribution in [0.15, 0.2) is 24.3 Å². The largest absolute Gasteiger partial charge is 0.416 e. The van der Waals surface area contributed by atoms with Gasteiger partial charge in [-0.1, -0.05) is 25.1 Å². The first-order valence-corrected chi connectivity index (χ1v) is 6.90. The molecule has 4 heteroatoms. The maximum atomic E-state index is 12.6. The zero-order chi connectivity index (χ0) is 13.9. The third-order valence-corrected chi connectivity index (χ3v) is 3.66. The van der Waals surface area contributed by atoms with Gasteiger partial charge in [-0.25, -0.2) is 0 Å². The Morgan fingerprint density at radius 1 is 1.32 bits per heavy atom. The lowest BCUT2D eigenvalue weighted by Crippen LogP contribution is -2.31. The second-order valence-corrected chi connectivity index (χ2v) is 5.24. The van der Waals surface area contributed by atoms with Crippen LogP contribution < -0.4 is 5.32 Å². The number of alkyl halides is 3. The average Bonchev–Trinajstić information content (AvgIpc) is 3.18. The zero-order valence-corrected chi connectivity index (χ0v) is 11.1. The van der Waals surface area contributed by atoms with Crippen molar-refractivity contribution in [3.8, 4) is 0 Å². The zero-order valence-electron chi connectivity index (χ0n) is 11.1. The highest BCUT2D eigenvalue weighted by atomic mass is 19.4. The van der Waals surface area contributed by atoms with Crippen LogP contribution in [0.1, 0.15) is 37.3 Å². The number of halogens is 3. The third kappa shape index (κ3) is 4.23. The molecule has 1 fully saturated rings. The molecule has 0 heterocycles. The molecule has 106 valence electrons. The molecule has 1 unspecified atom stereocenters. The summed E-state index contributed by atoms with van der Waals surface area (Å²) in [6.07, 6.45) is -0.119. The summed E-state index contributed by atoms with van der Waals surface area (Å²) in [6, 6.07) is 6.14. The van der Waals surface area contributed by atoms with Gasteiger partial charge >= 0.3 is 6.18 Å². The Kier molecular flexibility index (Phi) is 4.50. The topological polar surface area (TPSA) is 12.0 Å². The fraction of sp³-hybridized carbons (Fsp3) is 0.600. The van der Waals surface area contributed by atoms with Crippen molar-refractivity contribution in [3.63, 3.8) is 0 Å². The van der Waals surface area contributed by atoms with Gasteiger partial charge in [0.1, 0.15) is 0 Å². The number of hydrogen-bond donors (Lipinski definition) is 1. The summed E-state index contributed by atoms with van der Waals surface area (Å²) in [4.78, 5) is 0. The van der Waals surface area contributed by atoms with Crippen molar-refractivity contribution in [1.29, 1.82) is 0 Å². The van der Waals surface area contributed by atoms with Crippen molar-refractivity contribution in [3.05, 3.63) is 35.4 Å². The minimum Gasteiger partial charge on any atom is -0.314 e. The van der Waals surface area contributed by atoms with Crippen molar-refractivity contribution in [2.75, 3.05) is 6.54 Å². The van der Waals surface area contributed by atoms with Gasteiger partial charge in [0.25, 0.3) is 0 Å². The maximum absolute atomic E-state index is 12.6. The minimum atomic E-state index is -4.24. The molecule has 1 atom stereocenters. The quantitative estimate of drug-likeness (QED) is 0.823. The van der Waals surface area contributed by atoms with E-state index in [1.165, 1.54) is 25.0 Å². The van der Waals surface area contributed by atoms with Crippen LogP contribution >= 0.6 is 0 Å². The summed E-state index contributed by atoms with van der Waals surface area (Å²) in [5.41, 5.74) is 0.231. The molecule has 1 aromatic rings. The second-order valence-electron chi connectivity index (χ2n) is 5.24. The van der Waals surface area contributed by atoms with E-state index in [1.807, 2.05) is 0 Å². The van der Waals surface area contributed by atoms with E-state index in [0.29, 0.717) is 12.5 Å². The number of rotatable bonds is 6. The normalized spacial score (nSPS) is 17.5. The summed E-state index contributed by atoms with van der Waals surface area (Å²) in [7, 11) is 0. The first-order valence-electron chi connectivity index (χ1n) is 6.90. The lowest BCUT2D eigenvalue weighted by molar-refractivity contribution is -0.137. The first-order chi connectivity index (χ1) is 9.00. The van der Waals surface area contributed by atoms with Gasteiger partial charge in [-0.3, -0.25) is 0 Å². The summed E-state index contributed by atoms with van der Waals surface area (Å²) >= 11 is 0. The van der Waals surface area contributed by atoms with Crippen molar-refractivity contribution in [2.45, 2.75) is 44.8 Å². The fourth-order valence-electron chi connectivity index (χ4n) is 2.49. The van der Waals surface area contributed by atoms with Crippen LogP contribution in [-0.2, 0) is 12.6 Å². The maximum Gasteiger partial charge on any atom is 0.416 e. The highest BCUT2D eigenvalue weighted by Crippen LogP contribution is 2.35. The van der Waals surface area contributed by atoms with Crippen LogP contribution in [0.2, 0.25) is 0 Å². The molecule has 0 aromatic heterocycles. The molecule has 1 aromatic carbocycles. The monoisotopic (exact) mass is 271 g/mol. The molecular weight excluding hydrogens is 251 g/mol. The molecule has 1 N–H and O–H groups in total. The second kappa shape index (κ2) is 5.95. The Bertz CT molecular complexity index is 410. The summed E-state index contributed by atoms with van der Waals surface area (Å²) in [5.74, 6) is 0.728. The summed E-state index contributed by atoms with van der Waals surface area (Å²) in [6.45, 7) is 2.99. The van der Waals surface area contributed by atoms with Crippen molar-refractivity contribution in [2.24, 2.45) is 5.92 Å². The average molecular weight is 271 g/mol. The molecule has 0 radical (unpaired) electrons. The van der Waals surface area contributed by atoms with Crippen LogP contribution in [0, 0.1) is 5.92 Å². The van der Waals surface area contributed by atoms with E-state index in [-0.39, 0.29) is 0 Å². The van der Waals surface area contributed by atoms with E-state index < -0.39 is 11.7 Å². The summed E-state index contributed by atoms with van der Waals surface area (Å²) < 4.78 is 37.8. The van der Waals surface area contributed by atoms with Crippen molar-refractivity contribution in [1.82, 2.24) is 5.32 Å². The van der Waals surface area contributed by atoms with Crippen LogP contribution in [0.3, 0.4) is 0 Å². The molecular formula is C15H20F3N. The van der Waals surface area contributed by atoms with E-state index in [9.17, 15) is 13.2 Å². The van der Waals surface area contributed by atoms with Crippen LogP contribution in [0.4, 0.5) is 13.2 Å². The van der Waals surface area contributed by atoms with E-state index in [2.05, 4.69) is 12.2 Å². The highest BCUT2D eigenvalue weighted by Gasteiger charge is 2.31. The molecule has 1 nitrogen and oxygen atoms in total. The molecule has 0 amide bonds. The summed E-state index contributed by atoms with van der Waals surface area (Å²) in [5, 5.41) is 3.44. The number of hydrogen-bond acceptors (Lipinski definition) is 1. The third-order valence-electron chi connectivity index (χ3n) is 3.66. The van der Waals surface area contributed by atoms with E-state index >= 15 is 0 Å². The molecule has 0 bridgehead atoms. The Morgan fingerprint density at radius 3 is 2.63 bits per heavy atom.